The fraction of sp³-hybridized carbons (Fsp3) is 0.667. The van der Waals surface area contributed by atoms with Gasteiger partial charge in [-0.05, 0) is 34.1 Å². The van der Waals surface area contributed by atoms with Gasteiger partial charge in [0.25, 0.3) is 0 Å². The number of hydrogen-bond acceptors (Lipinski definition) is 4. The first kappa shape index (κ1) is 15.7. The molecule has 1 aromatic rings. The molecule has 6 nitrogen and oxygen atoms in total. The van der Waals surface area contributed by atoms with E-state index in [1.54, 1.807) is 25.3 Å². The van der Waals surface area contributed by atoms with Gasteiger partial charge in [0.15, 0.2) is 0 Å². The summed E-state index contributed by atoms with van der Waals surface area (Å²) >= 11 is 0. The van der Waals surface area contributed by atoms with Gasteiger partial charge in [0.1, 0.15) is 0 Å². The van der Waals surface area contributed by atoms with Crippen molar-refractivity contribution >= 4 is 5.97 Å². The van der Waals surface area contributed by atoms with Gasteiger partial charge >= 0.3 is 11.7 Å². The van der Waals surface area contributed by atoms with Gasteiger partial charge in [-0.3, -0.25) is 9.36 Å². The Balaban J connectivity index is 2.53. The van der Waals surface area contributed by atoms with E-state index in [-0.39, 0.29) is 17.6 Å². The first-order valence-corrected chi connectivity index (χ1v) is 7.24. The lowest BCUT2D eigenvalue weighted by atomic mass is 9.95. The molecule has 0 spiro atoms. The van der Waals surface area contributed by atoms with Crippen molar-refractivity contribution < 1.29 is 14.6 Å². The number of carbonyl (C=O) groups is 1. The van der Waals surface area contributed by atoms with E-state index in [1.165, 1.54) is 0 Å². The van der Waals surface area contributed by atoms with Crippen molar-refractivity contribution in [3.63, 3.8) is 0 Å². The first-order chi connectivity index (χ1) is 9.84. The van der Waals surface area contributed by atoms with E-state index in [0.29, 0.717) is 30.2 Å². The van der Waals surface area contributed by atoms with Crippen molar-refractivity contribution in [2.45, 2.75) is 46.1 Å². The molecule has 116 valence electrons. The number of aromatic nitrogens is 2. The largest absolute Gasteiger partial charge is 0.481 e. The number of hydrogen-bond donors (Lipinski definition) is 1. The lowest BCUT2D eigenvalue weighted by Gasteiger charge is -2.25. The molecule has 6 heteroatoms. The van der Waals surface area contributed by atoms with Crippen LogP contribution in [0, 0.1) is 19.8 Å². The van der Waals surface area contributed by atoms with Gasteiger partial charge in [-0.2, -0.15) is 4.98 Å². The summed E-state index contributed by atoms with van der Waals surface area (Å²) in [5.74, 6) is -1.33. The van der Waals surface area contributed by atoms with Crippen LogP contribution in [0.15, 0.2) is 4.79 Å². The number of carboxylic acid groups (broad SMARTS) is 1. The van der Waals surface area contributed by atoms with Crippen LogP contribution in [0.3, 0.4) is 0 Å². The zero-order chi connectivity index (χ0) is 15.7. The molecular formula is C15H22N2O4. The smallest absolute Gasteiger partial charge is 0.348 e. The van der Waals surface area contributed by atoms with Gasteiger partial charge < -0.3 is 9.84 Å². The summed E-state index contributed by atoms with van der Waals surface area (Å²) in [5, 5.41) is 9.26. The molecule has 1 aliphatic heterocycles. The maximum atomic E-state index is 12.3. The van der Waals surface area contributed by atoms with Gasteiger partial charge in [-0.15, -0.1) is 0 Å². The molecular weight excluding hydrogens is 272 g/mol. The molecule has 2 rings (SSSR count). The second-order valence-corrected chi connectivity index (χ2v) is 5.77. The van der Waals surface area contributed by atoms with Crippen molar-refractivity contribution in [2.75, 3.05) is 13.2 Å². The van der Waals surface area contributed by atoms with Crippen LogP contribution >= 0.6 is 0 Å². The Bertz CT molecular complexity index is 602. The second-order valence-electron chi connectivity index (χ2n) is 5.77. The molecule has 0 bridgehead atoms. The molecule has 2 heterocycles. The van der Waals surface area contributed by atoms with E-state index in [9.17, 15) is 14.7 Å². The summed E-state index contributed by atoms with van der Waals surface area (Å²) in [6.07, 6.45) is 0.907. The maximum absolute atomic E-state index is 12.3. The average Bonchev–Trinajstić information content (AvgIpc) is 2.91. The Kier molecular flexibility index (Phi) is 4.46. The predicted octanol–water partition coefficient (Wildman–Crippen LogP) is 1.65. The minimum absolute atomic E-state index is 0.0483. The van der Waals surface area contributed by atoms with E-state index < -0.39 is 11.9 Å². The topological polar surface area (TPSA) is 81.4 Å². The zero-order valence-corrected chi connectivity index (χ0v) is 12.9. The Labute approximate surface area is 123 Å². The number of nitrogens with zero attached hydrogens (tertiary/aromatic N) is 2. The van der Waals surface area contributed by atoms with Crippen molar-refractivity contribution in [1.82, 2.24) is 9.55 Å². The second kappa shape index (κ2) is 5.97. The Hall–Kier alpha value is -1.69. The fourth-order valence-corrected chi connectivity index (χ4v) is 3.17. The summed E-state index contributed by atoms with van der Waals surface area (Å²) in [4.78, 5) is 27.6. The third-order valence-corrected chi connectivity index (χ3v) is 4.47. The zero-order valence-electron chi connectivity index (χ0n) is 12.9. The summed E-state index contributed by atoms with van der Waals surface area (Å²) in [5.41, 5.74) is 1.51. The average molecular weight is 294 g/mol. The molecule has 1 fully saturated rings. The van der Waals surface area contributed by atoms with Crippen LogP contribution in [0.25, 0.3) is 0 Å². The molecule has 3 atom stereocenters. The highest BCUT2D eigenvalue weighted by atomic mass is 16.5. The standard InChI is InChI=1S/C15H22N2O4/c1-8(14(18)19)13-9(2)16-15(20)17(11(13)4)10(3)12-5-6-21-7-12/h8,10,12H,5-7H2,1-4H3,(H,18,19). The van der Waals surface area contributed by atoms with Gasteiger partial charge in [0.2, 0.25) is 0 Å². The van der Waals surface area contributed by atoms with Crippen LogP contribution in [0.4, 0.5) is 0 Å². The normalized spacial score (nSPS) is 21.2. The van der Waals surface area contributed by atoms with E-state index in [1.807, 2.05) is 6.92 Å². The van der Waals surface area contributed by atoms with Crippen LogP contribution in [-0.2, 0) is 9.53 Å². The molecule has 0 aliphatic carbocycles. The SMILES string of the molecule is Cc1nc(=O)n(C(C)C2CCOC2)c(C)c1C(C)C(=O)O. The van der Waals surface area contributed by atoms with Gasteiger partial charge in [-0.1, -0.05) is 0 Å². The lowest BCUT2D eigenvalue weighted by molar-refractivity contribution is -0.138. The predicted molar refractivity (Wildman–Crippen MR) is 77.7 cm³/mol. The molecule has 1 saturated heterocycles. The minimum atomic E-state index is -0.912. The van der Waals surface area contributed by atoms with Crippen LogP contribution in [0.2, 0.25) is 0 Å². The minimum Gasteiger partial charge on any atom is -0.481 e. The first-order valence-electron chi connectivity index (χ1n) is 7.24. The fourth-order valence-electron chi connectivity index (χ4n) is 3.17. The quantitative estimate of drug-likeness (QED) is 0.913. The van der Waals surface area contributed by atoms with Crippen molar-refractivity contribution in [2.24, 2.45) is 5.92 Å². The van der Waals surface area contributed by atoms with Crippen LogP contribution in [-0.4, -0.2) is 33.8 Å². The summed E-state index contributed by atoms with van der Waals surface area (Å²) in [7, 11) is 0. The third kappa shape index (κ3) is 2.85. The molecule has 3 unspecified atom stereocenters. The molecule has 0 saturated carbocycles. The lowest BCUT2D eigenvalue weighted by Crippen LogP contribution is -2.34. The Morgan fingerprint density at radius 2 is 2.10 bits per heavy atom. The summed E-state index contributed by atoms with van der Waals surface area (Å²) in [6.45, 7) is 8.43. The highest BCUT2D eigenvalue weighted by Gasteiger charge is 2.28. The monoisotopic (exact) mass is 294 g/mol. The number of aliphatic carboxylic acids is 1. The van der Waals surface area contributed by atoms with E-state index in [4.69, 9.17) is 4.74 Å². The summed E-state index contributed by atoms with van der Waals surface area (Å²) < 4.78 is 7.02. The van der Waals surface area contributed by atoms with Gasteiger partial charge in [0.05, 0.1) is 12.5 Å². The molecule has 1 aromatic heterocycles. The molecule has 0 amide bonds. The highest BCUT2D eigenvalue weighted by Crippen LogP contribution is 2.28. The summed E-state index contributed by atoms with van der Waals surface area (Å²) in [6, 6.07) is -0.0483. The van der Waals surface area contributed by atoms with Crippen molar-refractivity contribution in [3.8, 4) is 0 Å². The van der Waals surface area contributed by atoms with Crippen molar-refractivity contribution in [1.29, 1.82) is 0 Å². The third-order valence-electron chi connectivity index (χ3n) is 4.47. The van der Waals surface area contributed by atoms with Crippen LogP contribution < -0.4 is 5.69 Å². The van der Waals surface area contributed by atoms with E-state index in [2.05, 4.69) is 4.98 Å². The van der Waals surface area contributed by atoms with E-state index >= 15 is 0 Å². The molecule has 21 heavy (non-hydrogen) atoms. The number of aryl methyl sites for hydroxylation is 1. The van der Waals surface area contributed by atoms with Gasteiger partial charge in [0, 0.05) is 35.5 Å². The van der Waals surface area contributed by atoms with E-state index in [0.717, 1.165) is 6.42 Å². The maximum Gasteiger partial charge on any atom is 0.348 e. The highest BCUT2D eigenvalue weighted by molar-refractivity contribution is 5.76. The van der Waals surface area contributed by atoms with Crippen LogP contribution in [0.1, 0.15) is 49.2 Å². The molecule has 1 N–H and O–H groups in total. The van der Waals surface area contributed by atoms with Crippen LogP contribution in [0.5, 0.6) is 0 Å². The number of rotatable bonds is 4. The Morgan fingerprint density at radius 1 is 1.43 bits per heavy atom. The Morgan fingerprint density at radius 3 is 2.62 bits per heavy atom. The number of ether oxygens (including phenoxy) is 1. The van der Waals surface area contributed by atoms with Gasteiger partial charge in [-0.25, -0.2) is 4.79 Å². The molecule has 1 aliphatic rings. The molecule has 0 aromatic carbocycles. The van der Waals surface area contributed by atoms with Crippen molar-refractivity contribution in [3.05, 3.63) is 27.4 Å². The molecule has 0 radical (unpaired) electrons. The number of carboxylic acids is 1.